The van der Waals surface area contributed by atoms with Crippen LogP contribution in [0.1, 0.15) is 17.5 Å². The highest BCUT2D eigenvalue weighted by atomic mass is 19.4. The molecule has 1 aromatic rings. The minimum Gasteiger partial charge on any atom is -0.409 e. The fourth-order valence-electron chi connectivity index (χ4n) is 1.30. The van der Waals surface area contributed by atoms with Crippen molar-refractivity contribution in [2.24, 2.45) is 10.9 Å². The van der Waals surface area contributed by atoms with Gasteiger partial charge in [0.1, 0.15) is 6.42 Å². The monoisotopic (exact) mass is 275 g/mol. The molecular weight excluding hydrogens is 263 g/mol. The standard InChI is InChI=1S/C11H12F3N3O2/c12-11(13,14)5-9(18)16-6-7-1-3-8(4-2-7)10(15)17-19/h1-4,19H,5-6H2,(H2,15,17)(H,16,18). The van der Waals surface area contributed by atoms with E-state index >= 15 is 0 Å². The van der Waals surface area contributed by atoms with E-state index in [1.54, 1.807) is 12.1 Å². The number of benzene rings is 1. The summed E-state index contributed by atoms with van der Waals surface area (Å²) >= 11 is 0. The first kappa shape index (κ1) is 14.8. The number of nitrogens with two attached hydrogens (primary N) is 1. The van der Waals surface area contributed by atoms with Gasteiger partial charge in [0.05, 0.1) is 0 Å². The number of amidine groups is 1. The van der Waals surface area contributed by atoms with E-state index in [1.165, 1.54) is 12.1 Å². The molecule has 1 amide bonds. The molecule has 0 aliphatic carbocycles. The maximum atomic E-state index is 11.9. The predicted octanol–water partition coefficient (Wildman–Crippen LogP) is 1.35. The molecule has 0 atom stereocenters. The minimum atomic E-state index is -4.51. The highest BCUT2D eigenvalue weighted by molar-refractivity contribution is 5.96. The number of alkyl halides is 3. The van der Waals surface area contributed by atoms with E-state index in [-0.39, 0.29) is 12.4 Å². The third-order valence-electron chi connectivity index (χ3n) is 2.21. The quantitative estimate of drug-likeness (QED) is 0.335. The normalized spacial score (nSPS) is 12.3. The van der Waals surface area contributed by atoms with Crippen LogP contribution in [0.4, 0.5) is 13.2 Å². The Hall–Kier alpha value is -2.25. The molecule has 1 aromatic carbocycles. The second kappa shape index (κ2) is 6.07. The number of oxime groups is 1. The zero-order valence-corrected chi connectivity index (χ0v) is 9.74. The van der Waals surface area contributed by atoms with Crippen LogP contribution < -0.4 is 11.1 Å². The average molecular weight is 275 g/mol. The van der Waals surface area contributed by atoms with Gasteiger partial charge in [-0.15, -0.1) is 0 Å². The molecule has 0 fully saturated rings. The Labute approximate surface area is 106 Å². The SMILES string of the molecule is NC(=NO)c1ccc(CNC(=O)CC(F)(F)F)cc1. The molecule has 1 rings (SSSR count). The Balaban J connectivity index is 2.53. The van der Waals surface area contributed by atoms with E-state index in [0.29, 0.717) is 11.1 Å². The first-order valence-corrected chi connectivity index (χ1v) is 5.22. The van der Waals surface area contributed by atoms with Gasteiger partial charge in [-0.3, -0.25) is 4.79 Å². The molecule has 0 bridgehead atoms. The Morgan fingerprint density at radius 3 is 2.37 bits per heavy atom. The van der Waals surface area contributed by atoms with Gasteiger partial charge in [0.25, 0.3) is 0 Å². The minimum absolute atomic E-state index is 0.0225. The highest BCUT2D eigenvalue weighted by Crippen LogP contribution is 2.18. The number of hydrogen-bond acceptors (Lipinski definition) is 3. The van der Waals surface area contributed by atoms with E-state index in [4.69, 9.17) is 10.9 Å². The topological polar surface area (TPSA) is 87.7 Å². The number of amides is 1. The molecule has 4 N–H and O–H groups in total. The number of nitrogens with one attached hydrogen (secondary N) is 1. The maximum absolute atomic E-state index is 11.9. The van der Waals surface area contributed by atoms with Crippen molar-refractivity contribution in [1.82, 2.24) is 5.32 Å². The summed E-state index contributed by atoms with van der Waals surface area (Å²) in [5.74, 6) is -1.17. The molecule has 19 heavy (non-hydrogen) atoms. The first-order valence-electron chi connectivity index (χ1n) is 5.22. The van der Waals surface area contributed by atoms with E-state index < -0.39 is 18.5 Å². The van der Waals surface area contributed by atoms with E-state index in [9.17, 15) is 18.0 Å². The van der Waals surface area contributed by atoms with E-state index in [0.717, 1.165) is 0 Å². The number of carbonyl (C=O) groups is 1. The highest BCUT2D eigenvalue weighted by Gasteiger charge is 2.30. The molecule has 0 aromatic heterocycles. The van der Waals surface area contributed by atoms with Gasteiger partial charge in [-0.1, -0.05) is 29.4 Å². The molecule has 104 valence electrons. The van der Waals surface area contributed by atoms with Crippen molar-refractivity contribution in [3.8, 4) is 0 Å². The molecule has 0 unspecified atom stereocenters. The largest absolute Gasteiger partial charge is 0.409 e. The third kappa shape index (κ3) is 5.28. The number of halogens is 3. The van der Waals surface area contributed by atoms with Crippen LogP contribution in [0, 0.1) is 0 Å². The van der Waals surface area contributed by atoms with Crippen LogP contribution in [0.3, 0.4) is 0 Å². The number of carbonyl (C=O) groups excluding carboxylic acids is 1. The Kier molecular flexibility index (Phi) is 4.74. The summed E-state index contributed by atoms with van der Waals surface area (Å²) in [5, 5.41) is 13.4. The molecule has 0 heterocycles. The van der Waals surface area contributed by atoms with Crippen molar-refractivity contribution >= 4 is 11.7 Å². The van der Waals surface area contributed by atoms with Gasteiger partial charge in [0.15, 0.2) is 5.84 Å². The number of nitrogens with zero attached hydrogens (tertiary/aromatic N) is 1. The summed E-state index contributed by atoms with van der Waals surface area (Å²) < 4.78 is 35.7. The van der Waals surface area contributed by atoms with Gasteiger partial charge >= 0.3 is 6.18 Å². The molecule has 0 saturated heterocycles. The molecule has 0 saturated carbocycles. The average Bonchev–Trinajstić information content (AvgIpc) is 2.34. The molecule has 0 aliphatic heterocycles. The first-order chi connectivity index (χ1) is 8.81. The van der Waals surface area contributed by atoms with Gasteiger partial charge < -0.3 is 16.3 Å². The van der Waals surface area contributed by atoms with Crippen molar-refractivity contribution in [1.29, 1.82) is 0 Å². The Morgan fingerprint density at radius 2 is 1.89 bits per heavy atom. The van der Waals surface area contributed by atoms with Crippen LogP contribution in [0.25, 0.3) is 0 Å². The summed E-state index contributed by atoms with van der Waals surface area (Å²) in [6.45, 7) is -0.0225. The fourth-order valence-corrected chi connectivity index (χ4v) is 1.30. The summed E-state index contributed by atoms with van der Waals surface area (Å²) in [4.78, 5) is 11.0. The van der Waals surface area contributed by atoms with Crippen molar-refractivity contribution < 1.29 is 23.2 Å². The molecule has 0 radical (unpaired) electrons. The lowest BCUT2D eigenvalue weighted by atomic mass is 10.1. The lowest BCUT2D eigenvalue weighted by molar-refractivity contribution is -0.153. The zero-order chi connectivity index (χ0) is 14.5. The number of hydrogen-bond donors (Lipinski definition) is 3. The van der Waals surface area contributed by atoms with Crippen molar-refractivity contribution in [2.45, 2.75) is 19.1 Å². The molecule has 8 heteroatoms. The lowest BCUT2D eigenvalue weighted by Crippen LogP contribution is -2.28. The predicted molar refractivity (Wildman–Crippen MR) is 61.5 cm³/mol. The van der Waals surface area contributed by atoms with Gasteiger partial charge in [0.2, 0.25) is 5.91 Å². The van der Waals surface area contributed by atoms with Gasteiger partial charge in [-0.05, 0) is 5.56 Å². The molecule has 0 spiro atoms. The number of rotatable bonds is 4. The smallest absolute Gasteiger partial charge is 0.397 e. The Bertz CT molecular complexity index is 469. The zero-order valence-electron chi connectivity index (χ0n) is 9.74. The molecule has 5 nitrogen and oxygen atoms in total. The lowest BCUT2D eigenvalue weighted by Gasteiger charge is -2.08. The van der Waals surface area contributed by atoms with Gasteiger partial charge in [0, 0.05) is 12.1 Å². The second-order valence-electron chi connectivity index (χ2n) is 3.75. The van der Waals surface area contributed by atoms with Crippen LogP contribution in [-0.4, -0.2) is 23.1 Å². The third-order valence-corrected chi connectivity index (χ3v) is 2.21. The molecular formula is C11H12F3N3O2. The fraction of sp³-hybridized carbons (Fsp3) is 0.273. The maximum Gasteiger partial charge on any atom is 0.397 e. The molecule has 0 aliphatic rings. The van der Waals surface area contributed by atoms with E-state index in [1.807, 2.05) is 0 Å². The second-order valence-corrected chi connectivity index (χ2v) is 3.75. The summed E-state index contributed by atoms with van der Waals surface area (Å²) in [7, 11) is 0. The van der Waals surface area contributed by atoms with Crippen LogP contribution in [0.5, 0.6) is 0 Å². The summed E-state index contributed by atoms with van der Waals surface area (Å²) in [6.07, 6.45) is -6.02. The van der Waals surface area contributed by atoms with Crippen molar-refractivity contribution in [3.63, 3.8) is 0 Å². The van der Waals surface area contributed by atoms with Crippen molar-refractivity contribution in [3.05, 3.63) is 35.4 Å². The van der Waals surface area contributed by atoms with Crippen LogP contribution >= 0.6 is 0 Å². The van der Waals surface area contributed by atoms with Crippen LogP contribution in [0.2, 0.25) is 0 Å². The summed E-state index contributed by atoms with van der Waals surface area (Å²) in [5.41, 5.74) is 6.41. The van der Waals surface area contributed by atoms with Crippen LogP contribution in [-0.2, 0) is 11.3 Å². The van der Waals surface area contributed by atoms with Gasteiger partial charge in [-0.2, -0.15) is 13.2 Å². The van der Waals surface area contributed by atoms with Crippen molar-refractivity contribution in [2.75, 3.05) is 0 Å². The van der Waals surface area contributed by atoms with E-state index in [2.05, 4.69) is 10.5 Å². The van der Waals surface area contributed by atoms with Gasteiger partial charge in [-0.25, -0.2) is 0 Å². The Morgan fingerprint density at radius 1 is 1.32 bits per heavy atom. The van der Waals surface area contributed by atoms with Crippen LogP contribution in [0.15, 0.2) is 29.4 Å². The summed E-state index contributed by atoms with van der Waals surface area (Å²) in [6, 6.07) is 6.17.